The number of hydrogen-bond acceptors (Lipinski definition) is 6. The number of nitrogens with zero attached hydrogens (tertiary/aromatic N) is 4. The number of carbonyl (C=O) groups is 4. The molecule has 0 spiro atoms. The first kappa shape index (κ1) is 38.5. The minimum Gasteiger partial charge on any atom is -0.339 e. The molecular weight excluding hydrogens is 717 g/mol. The Hall–Kier alpha value is -6.82. The smallest absolute Gasteiger partial charge is 0.251 e. The number of anilines is 2. The van der Waals surface area contributed by atoms with Crippen LogP contribution in [-0.4, -0.2) is 55.3 Å². The third kappa shape index (κ3) is 7.71. The van der Waals surface area contributed by atoms with Gasteiger partial charge in [-0.05, 0) is 70.0 Å². The van der Waals surface area contributed by atoms with E-state index in [9.17, 15) is 19.2 Å². The fourth-order valence-electron chi connectivity index (χ4n) is 7.98. The third-order valence-corrected chi connectivity index (χ3v) is 10.6. The number of aromatic nitrogens is 4. The molecule has 2 aliphatic heterocycles. The maximum absolute atomic E-state index is 13.1. The molecule has 290 valence electrons. The molecular formula is C45H46N8O4. The van der Waals surface area contributed by atoms with Gasteiger partial charge < -0.3 is 21.3 Å². The Bertz CT molecular complexity index is 2520. The first-order chi connectivity index (χ1) is 27.3. The summed E-state index contributed by atoms with van der Waals surface area (Å²) in [5.74, 6) is -0.301. The van der Waals surface area contributed by atoms with Gasteiger partial charge in [0, 0.05) is 48.2 Å². The summed E-state index contributed by atoms with van der Waals surface area (Å²) in [7, 11) is 3.62. The predicted molar refractivity (Wildman–Crippen MR) is 219 cm³/mol. The van der Waals surface area contributed by atoms with Crippen molar-refractivity contribution in [1.29, 1.82) is 0 Å². The summed E-state index contributed by atoms with van der Waals surface area (Å²) >= 11 is 0. The molecule has 4 amide bonds. The van der Waals surface area contributed by atoms with Crippen molar-refractivity contribution in [3.05, 3.63) is 165 Å². The van der Waals surface area contributed by atoms with Crippen LogP contribution >= 0.6 is 0 Å². The zero-order valence-corrected chi connectivity index (χ0v) is 33.0. The van der Waals surface area contributed by atoms with Gasteiger partial charge in [-0.2, -0.15) is 10.2 Å². The first-order valence-electron chi connectivity index (χ1n) is 18.9. The minimum atomic E-state index is -0.736. The highest BCUT2D eigenvalue weighted by atomic mass is 16.2. The lowest BCUT2D eigenvalue weighted by Crippen LogP contribution is -2.50. The van der Waals surface area contributed by atoms with Crippen molar-refractivity contribution in [2.24, 2.45) is 14.1 Å². The van der Waals surface area contributed by atoms with Crippen molar-refractivity contribution in [3.63, 3.8) is 0 Å². The Kier molecular flexibility index (Phi) is 10.6. The standard InChI is InChI=1S/C23H24N4O2.C22H22N4O2/c1-13-7-5-9-16(11-13)19-18-15(3)26-27(4)21(18)25-23(29)20(19)24-22(28)17-10-6-8-14(2)12-17;1-13-8-7-11-16(12-13)18-17-14(2)25-26(3)20(17)24-22(28)19(18)23-21(27)15-9-5-4-6-10-15/h5-12,19-20H,1-4H3,(H,24,28)(H,25,29);4-12,18-19H,1-3H3,(H,23,27)(H,24,28)/t19-,20-;18-,19-/m11/s1. The van der Waals surface area contributed by atoms with Crippen LogP contribution in [-0.2, 0) is 23.7 Å². The first-order valence-corrected chi connectivity index (χ1v) is 18.9. The molecule has 0 saturated heterocycles. The summed E-state index contributed by atoms with van der Waals surface area (Å²) in [6.07, 6.45) is 0. The van der Waals surface area contributed by atoms with Crippen molar-refractivity contribution in [1.82, 2.24) is 30.2 Å². The monoisotopic (exact) mass is 762 g/mol. The lowest BCUT2D eigenvalue weighted by molar-refractivity contribution is -0.119. The van der Waals surface area contributed by atoms with Crippen molar-refractivity contribution in [2.75, 3.05) is 10.6 Å². The summed E-state index contributed by atoms with van der Waals surface area (Å²) in [6, 6.07) is 30.9. The number of hydrogen-bond donors (Lipinski definition) is 4. The van der Waals surface area contributed by atoms with E-state index in [-0.39, 0.29) is 35.5 Å². The van der Waals surface area contributed by atoms with Gasteiger partial charge in [-0.1, -0.05) is 95.6 Å². The van der Waals surface area contributed by atoms with Crippen LogP contribution in [0.15, 0.2) is 103 Å². The van der Waals surface area contributed by atoms with E-state index < -0.39 is 12.1 Å². The number of carbonyl (C=O) groups excluding carboxylic acids is 4. The molecule has 4 aromatic carbocycles. The molecule has 0 fully saturated rings. The molecule has 8 rings (SSSR count). The van der Waals surface area contributed by atoms with Crippen molar-refractivity contribution >= 4 is 35.3 Å². The van der Waals surface area contributed by atoms with Crippen LogP contribution in [0.1, 0.15) is 82.9 Å². The van der Waals surface area contributed by atoms with Gasteiger partial charge in [0.15, 0.2) is 0 Å². The number of aryl methyl sites for hydroxylation is 7. The lowest BCUT2D eigenvalue weighted by Gasteiger charge is -2.32. The fraction of sp³-hybridized carbons (Fsp3) is 0.244. The van der Waals surface area contributed by atoms with E-state index in [1.54, 1.807) is 39.7 Å². The zero-order valence-electron chi connectivity index (χ0n) is 33.0. The molecule has 6 aromatic rings. The van der Waals surface area contributed by atoms with E-state index >= 15 is 0 Å². The second-order valence-corrected chi connectivity index (χ2v) is 14.8. The molecule has 57 heavy (non-hydrogen) atoms. The maximum Gasteiger partial charge on any atom is 0.251 e. The Balaban J connectivity index is 0.000000174. The highest BCUT2D eigenvalue weighted by Crippen LogP contribution is 2.41. The molecule has 0 radical (unpaired) electrons. The second kappa shape index (κ2) is 15.7. The summed E-state index contributed by atoms with van der Waals surface area (Å²) in [4.78, 5) is 51.8. The highest BCUT2D eigenvalue weighted by Gasteiger charge is 2.42. The molecule has 2 aromatic heterocycles. The zero-order chi connectivity index (χ0) is 40.5. The Morgan fingerprint density at radius 1 is 0.544 bits per heavy atom. The number of amides is 4. The predicted octanol–water partition coefficient (Wildman–Crippen LogP) is 6.15. The van der Waals surface area contributed by atoms with Crippen LogP contribution in [0.4, 0.5) is 11.6 Å². The molecule has 0 saturated carbocycles. The number of benzene rings is 4. The van der Waals surface area contributed by atoms with Gasteiger partial charge >= 0.3 is 0 Å². The van der Waals surface area contributed by atoms with Crippen molar-refractivity contribution in [3.8, 4) is 0 Å². The third-order valence-electron chi connectivity index (χ3n) is 10.6. The number of fused-ring (bicyclic) bond motifs is 2. The van der Waals surface area contributed by atoms with Gasteiger partial charge in [0.1, 0.15) is 23.7 Å². The molecule has 12 nitrogen and oxygen atoms in total. The van der Waals surface area contributed by atoms with Gasteiger partial charge in [0.05, 0.1) is 11.4 Å². The van der Waals surface area contributed by atoms with Crippen LogP contribution in [0.2, 0.25) is 0 Å². The van der Waals surface area contributed by atoms with Crippen molar-refractivity contribution in [2.45, 2.75) is 58.5 Å². The normalized spacial score (nSPS) is 18.2. The van der Waals surface area contributed by atoms with Crippen LogP contribution in [0.5, 0.6) is 0 Å². The van der Waals surface area contributed by atoms with Gasteiger partial charge in [-0.15, -0.1) is 0 Å². The molecule has 2 aliphatic rings. The number of nitrogens with one attached hydrogen (secondary N) is 4. The molecule has 4 atom stereocenters. The van der Waals surface area contributed by atoms with E-state index in [0.717, 1.165) is 50.3 Å². The fourth-order valence-corrected chi connectivity index (χ4v) is 7.98. The molecule has 4 heterocycles. The van der Waals surface area contributed by atoms with E-state index in [1.165, 1.54) is 0 Å². The van der Waals surface area contributed by atoms with E-state index in [0.29, 0.717) is 22.8 Å². The Morgan fingerprint density at radius 2 is 0.947 bits per heavy atom. The van der Waals surface area contributed by atoms with Crippen molar-refractivity contribution < 1.29 is 19.2 Å². The molecule has 12 heteroatoms. The minimum absolute atomic E-state index is 0.243. The van der Waals surface area contributed by atoms with E-state index in [2.05, 4.69) is 43.6 Å². The quantitative estimate of drug-likeness (QED) is 0.160. The molecule has 4 N–H and O–H groups in total. The summed E-state index contributed by atoms with van der Waals surface area (Å²) < 4.78 is 3.37. The Morgan fingerprint density at radius 3 is 1.39 bits per heavy atom. The van der Waals surface area contributed by atoms with Gasteiger partial charge in [0.2, 0.25) is 11.8 Å². The Labute approximate surface area is 331 Å². The summed E-state index contributed by atoms with van der Waals surface area (Å²) in [5, 5.41) is 20.7. The average Bonchev–Trinajstić information content (AvgIpc) is 3.63. The van der Waals surface area contributed by atoms with Crippen LogP contribution in [0.3, 0.4) is 0 Å². The van der Waals surface area contributed by atoms with Crippen LogP contribution < -0.4 is 21.3 Å². The second-order valence-electron chi connectivity index (χ2n) is 14.8. The largest absolute Gasteiger partial charge is 0.339 e. The maximum atomic E-state index is 13.1. The van der Waals surface area contributed by atoms with Gasteiger partial charge in [0.25, 0.3) is 11.8 Å². The highest BCUT2D eigenvalue weighted by molar-refractivity contribution is 6.05. The lowest BCUT2D eigenvalue weighted by atomic mass is 9.81. The van der Waals surface area contributed by atoms with Gasteiger partial charge in [-0.3, -0.25) is 28.5 Å². The van der Waals surface area contributed by atoms with Crippen LogP contribution in [0.25, 0.3) is 0 Å². The molecule has 0 aliphatic carbocycles. The average molecular weight is 763 g/mol. The molecule has 0 unspecified atom stereocenters. The topological polar surface area (TPSA) is 152 Å². The van der Waals surface area contributed by atoms with E-state index in [4.69, 9.17) is 0 Å². The molecule has 0 bridgehead atoms. The summed E-state index contributed by atoms with van der Waals surface area (Å²) in [5.41, 5.74) is 9.75. The van der Waals surface area contributed by atoms with E-state index in [1.807, 2.05) is 109 Å². The van der Waals surface area contributed by atoms with Crippen LogP contribution in [0, 0.1) is 34.6 Å². The SMILES string of the molecule is Cc1cccc(C(=O)N[C@H]2C(=O)Nc3c(c(C)nn3C)[C@H]2c2cccc(C)c2)c1.Cc1cccc([C@@H]2c3c(C)nn(C)c3NC(=O)[C@@H]2NC(=O)c2ccccc2)c1. The number of rotatable bonds is 6. The summed E-state index contributed by atoms with van der Waals surface area (Å²) in [6.45, 7) is 9.82. The van der Waals surface area contributed by atoms with Gasteiger partial charge in [-0.25, -0.2) is 0 Å².